The average Bonchev–Trinajstić information content (AvgIpc) is 2.35. The summed E-state index contributed by atoms with van der Waals surface area (Å²) in [5, 5.41) is 1.08. The zero-order chi connectivity index (χ0) is 12.0. The molecule has 0 N–H and O–H groups in total. The van der Waals surface area contributed by atoms with Gasteiger partial charge >= 0.3 is 0 Å². The highest BCUT2D eigenvalue weighted by Gasteiger charge is 2.12. The highest BCUT2D eigenvalue weighted by Crippen LogP contribution is 2.26. The van der Waals surface area contributed by atoms with Gasteiger partial charge in [-0.05, 0) is 45.6 Å². The van der Waals surface area contributed by atoms with E-state index in [-0.39, 0.29) is 5.43 Å². The lowest BCUT2D eigenvalue weighted by molar-refractivity contribution is 0.959. The molecule has 1 aromatic carbocycles. The number of fused-ring (bicyclic) bond motifs is 2. The molecule has 2 nitrogen and oxygen atoms in total. The van der Waals surface area contributed by atoms with Crippen LogP contribution >= 0.6 is 15.9 Å². The van der Waals surface area contributed by atoms with Crippen molar-refractivity contribution >= 4 is 26.8 Å². The van der Waals surface area contributed by atoms with Crippen LogP contribution in [0.2, 0.25) is 0 Å². The molecule has 0 spiro atoms. The van der Waals surface area contributed by atoms with Gasteiger partial charge < -0.3 is 4.57 Å². The molecule has 84 valence electrons. The first-order valence-electron chi connectivity index (χ1n) is 5.35. The fourth-order valence-corrected chi connectivity index (χ4v) is 2.54. The van der Waals surface area contributed by atoms with Crippen molar-refractivity contribution in [2.24, 2.45) is 7.05 Å². The van der Waals surface area contributed by atoms with Crippen molar-refractivity contribution in [3.63, 3.8) is 0 Å². The summed E-state index contributed by atoms with van der Waals surface area (Å²) in [5.41, 5.74) is 2.88. The number of halogens is 1. The predicted octanol–water partition coefficient (Wildman–Crippen LogP) is 3.41. The number of para-hydroxylation sites is 1. The van der Waals surface area contributed by atoms with E-state index in [4.69, 9.17) is 0 Å². The second kappa shape index (κ2) is 3.70. The third kappa shape index (κ3) is 1.50. The van der Waals surface area contributed by atoms with Gasteiger partial charge in [0.2, 0.25) is 5.43 Å². The van der Waals surface area contributed by atoms with Gasteiger partial charge in [0.25, 0.3) is 0 Å². The van der Waals surface area contributed by atoms with Gasteiger partial charge in [-0.25, -0.2) is 0 Å². The Morgan fingerprint density at radius 3 is 2.71 bits per heavy atom. The van der Waals surface area contributed by atoms with E-state index in [1.165, 1.54) is 0 Å². The highest BCUT2D eigenvalue weighted by atomic mass is 79.9. The first kappa shape index (κ1) is 10.5. The van der Waals surface area contributed by atoms with Gasteiger partial charge in [0, 0.05) is 18.1 Å². The molecule has 0 amide bonds. The Balaban J connectivity index is 2.60. The fourth-order valence-electron chi connectivity index (χ4n) is 2.19. The Labute approximate surface area is 107 Å². The van der Waals surface area contributed by atoms with Crippen molar-refractivity contribution in [2.45, 2.75) is 0 Å². The second-order valence-electron chi connectivity index (χ2n) is 4.07. The van der Waals surface area contributed by atoms with Crippen LogP contribution in [0.4, 0.5) is 0 Å². The van der Waals surface area contributed by atoms with Crippen molar-refractivity contribution in [1.82, 2.24) is 4.57 Å². The van der Waals surface area contributed by atoms with Crippen LogP contribution in [0.3, 0.4) is 0 Å². The highest BCUT2D eigenvalue weighted by molar-refractivity contribution is 9.10. The Kier molecular flexibility index (Phi) is 2.30. The summed E-state index contributed by atoms with van der Waals surface area (Å²) in [5.74, 6) is 0. The maximum atomic E-state index is 12.1. The van der Waals surface area contributed by atoms with Gasteiger partial charge in [-0.3, -0.25) is 4.79 Å². The smallest absolute Gasteiger partial charge is 0.202 e. The van der Waals surface area contributed by atoms with Crippen LogP contribution < -0.4 is 5.43 Å². The Morgan fingerprint density at radius 1 is 1.12 bits per heavy atom. The maximum absolute atomic E-state index is 12.1. The molecular formula is C14H10BrNO. The van der Waals surface area contributed by atoms with Crippen LogP contribution in [-0.2, 0) is 7.05 Å². The van der Waals surface area contributed by atoms with E-state index >= 15 is 0 Å². The second-order valence-corrected chi connectivity index (χ2v) is 4.93. The van der Waals surface area contributed by atoms with Crippen LogP contribution in [-0.4, -0.2) is 4.57 Å². The summed E-state index contributed by atoms with van der Waals surface area (Å²) in [6.45, 7) is 0. The minimum absolute atomic E-state index is 0.0452. The number of rotatable bonds is 0. The monoisotopic (exact) mass is 287 g/mol. The standard InChI is InChI=1S/C14H10BrNO/c1-16-12-5-3-2-4-9(12)8-10-13(16)7-6-11(15)14(10)17/h2-8H,1H3. The number of hydrogen-bond donors (Lipinski definition) is 0. The lowest BCUT2D eigenvalue weighted by Crippen LogP contribution is -2.11. The topological polar surface area (TPSA) is 22.0 Å². The number of hydrogen-bond acceptors (Lipinski definition) is 1. The van der Waals surface area contributed by atoms with Crippen LogP contribution in [0.5, 0.6) is 0 Å². The van der Waals surface area contributed by atoms with Gasteiger partial charge in [-0.15, -0.1) is 0 Å². The summed E-state index contributed by atoms with van der Waals surface area (Å²) >= 11 is 3.28. The van der Waals surface area contributed by atoms with Gasteiger partial charge in [0.1, 0.15) is 0 Å². The van der Waals surface area contributed by atoms with E-state index in [1.54, 1.807) is 6.07 Å². The summed E-state index contributed by atoms with van der Waals surface area (Å²) < 4.78 is 2.67. The maximum Gasteiger partial charge on any atom is 0.202 e. The van der Waals surface area contributed by atoms with E-state index < -0.39 is 0 Å². The third-order valence-corrected chi connectivity index (χ3v) is 3.71. The molecule has 0 unspecified atom stereocenters. The first-order chi connectivity index (χ1) is 8.18. The molecule has 0 saturated carbocycles. The largest absolute Gasteiger partial charge is 0.344 e. The van der Waals surface area contributed by atoms with Crippen LogP contribution in [0.15, 0.2) is 51.7 Å². The van der Waals surface area contributed by atoms with Gasteiger partial charge in [-0.1, -0.05) is 18.2 Å². The molecular weight excluding hydrogens is 278 g/mol. The first-order valence-corrected chi connectivity index (χ1v) is 6.15. The zero-order valence-corrected chi connectivity index (χ0v) is 10.9. The SMILES string of the molecule is Cn1c2ccc(Br)c(=O)c-2cc2ccccc21. The number of benzene rings is 2. The lowest BCUT2D eigenvalue weighted by Gasteiger charge is -2.14. The molecule has 3 heteroatoms. The summed E-state index contributed by atoms with van der Waals surface area (Å²) in [7, 11) is 1.98. The molecule has 0 fully saturated rings. The van der Waals surface area contributed by atoms with Crippen molar-refractivity contribution in [1.29, 1.82) is 0 Å². The molecule has 0 aromatic heterocycles. The van der Waals surface area contributed by atoms with Crippen molar-refractivity contribution in [2.75, 3.05) is 0 Å². The Hall–Kier alpha value is -1.61. The molecule has 0 saturated heterocycles. The molecule has 1 aliphatic carbocycles. The molecule has 0 bridgehead atoms. The molecule has 17 heavy (non-hydrogen) atoms. The van der Waals surface area contributed by atoms with E-state index in [0.717, 1.165) is 22.2 Å². The van der Waals surface area contributed by atoms with Gasteiger partial charge in [-0.2, -0.15) is 0 Å². The van der Waals surface area contributed by atoms with E-state index in [0.29, 0.717) is 4.47 Å². The molecule has 3 rings (SSSR count). The summed E-state index contributed by atoms with van der Waals surface area (Å²) in [4.78, 5) is 12.1. The van der Waals surface area contributed by atoms with E-state index in [2.05, 4.69) is 26.6 Å². The lowest BCUT2D eigenvalue weighted by atomic mass is 10.0. The average molecular weight is 288 g/mol. The number of nitrogens with zero attached hydrogens (tertiary/aromatic N) is 1. The molecule has 1 aromatic rings. The van der Waals surface area contributed by atoms with Crippen LogP contribution in [0.25, 0.3) is 22.2 Å². The van der Waals surface area contributed by atoms with E-state index in [1.807, 2.05) is 37.4 Å². The molecule has 1 heterocycles. The Morgan fingerprint density at radius 2 is 1.88 bits per heavy atom. The van der Waals surface area contributed by atoms with Crippen molar-refractivity contribution in [3.05, 3.63) is 57.2 Å². The number of aromatic nitrogens is 1. The summed E-state index contributed by atoms with van der Waals surface area (Å²) in [6.07, 6.45) is 0. The third-order valence-electron chi connectivity index (χ3n) is 3.08. The van der Waals surface area contributed by atoms with Crippen molar-refractivity contribution < 1.29 is 0 Å². The quantitative estimate of drug-likeness (QED) is 0.581. The van der Waals surface area contributed by atoms with Gasteiger partial charge in [0.05, 0.1) is 10.2 Å². The van der Waals surface area contributed by atoms with Gasteiger partial charge in [0.15, 0.2) is 0 Å². The normalized spacial score (nSPS) is 11.2. The predicted molar refractivity (Wildman–Crippen MR) is 73.5 cm³/mol. The number of pyridine rings is 1. The van der Waals surface area contributed by atoms with Crippen molar-refractivity contribution in [3.8, 4) is 11.3 Å². The fraction of sp³-hybridized carbons (Fsp3) is 0.0714. The molecule has 0 atom stereocenters. The molecule has 1 aliphatic heterocycles. The van der Waals surface area contributed by atoms with Crippen LogP contribution in [0.1, 0.15) is 0 Å². The molecule has 0 radical (unpaired) electrons. The minimum atomic E-state index is 0.0452. The van der Waals surface area contributed by atoms with E-state index in [9.17, 15) is 4.79 Å². The molecule has 2 aliphatic rings. The Bertz CT molecular complexity index is 745. The summed E-state index contributed by atoms with van der Waals surface area (Å²) in [6, 6.07) is 13.8. The minimum Gasteiger partial charge on any atom is -0.344 e. The van der Waals surface area contributed by atoms with Crippen LogP contribution in [0, 0.1) is 0 Å². The zero-order valence-electron chi connectivity index (χ0n) is 9.27. The number of aryl methyl sites for hydroxylation is 1.